The van der Waals surface area contributed by atoms with Crippen LogP contribution in [0.25, 0.3) is 46.4 Å². The summed E-state index contributed by atoms with van der Waals surface area (Å²) in [5.41, 5.74) is 7.86. The maximum absolute atomic E-state index is 11.7. The number of benzene rings is 1. The first kappa shape index (κ1) is 34.3. The summed E-state index contributed by atoms with van der Waals surface area (Å²) >= 11 is 0. The SMILES string of the molecule is C1=Cc2cc3ccc(cc4nc(cc5ccc(cc1n2)[nH]5)C=C4)[nH]3.O=[S](=O)(O)[Fe]([c]1ccccc1)([S](=O)(=O)O)([S](=O)(=O)O)[S](=O)(=O)O. The molecule has 2 aliphatic heterocycles. The zero-order chi connectivity index (χ0) is 34.5. The van der Waals surface area contributed by atoms with Gasteiger partial charge in [0, 0.05) is 22.1 Å². The Hall–Kier alpha value is -4.02. The van der Waals surface area contributed by atoms with Gasteiger partial charge in [0.25, 0.3) is 0 Å². The maximum atomic E-state index is 11.7. The van der Waals surface area contributed by atoms with Gasteiger partial charge in [-0.1, -0.05) is 0 Å². The molecule has 4 aromatic rings. The van der Waals surface area contributed by atoms with E-state index in [9.17, 15) is 51.9 Å². The first-order chi connectivity index (χ1) is 21.8. The van der Waals surface area contributed by atoms with Crippen molar-refractivity contribution in [3.63, 3.8) is 0 Å². The number of H-pyrrole nitrogens is 2. The molecule has 3 aromatic heterocycles. The standard InChI is InChI=1S/C20H14N4.C6H5.Fe.4HO3S/c1-2-14-10-16-5-6-18(23-16)12-20-8-7-19(24-20)11-17-4-3-15(22-17)9-13(1)21-14;1-2-4-6-5-3-1;;4*1-4(2)3/h1-12,21,24H;1-5H;;4*(H,1,2,3). The van der Waals surface area contributed by atoms with Gasteiger partial charge in [-0.3, -0.25) is 0 Å². The van der Waals surface area contributed by atoms with Crippen molar-refractivity contribution in [3.05, 3.63) is 102 Å². The summed E-state index contributed by atoms with van der Waals surface area (Å²) in [4.78, 5) is 16.0. The quantitative estimate of drug-likeness (QED) is 0.109. The van der Waals surface area contributed by atoms with Crippen LogP contribution in [0.5, 0.6) is 0 Å². The van der Waals surface area contributed by atoms with Crippen molar-refractivity contribution < 1.29 is 59.2 Å². The Morgan fingerprint density at radius 1 is 0.447 bits per heavy atom. The average Bonchev–Trinajstić information content (AvgIpc) is 3.73. The number of hydrogen-bond acceptors (Lipinski definition) is 10. The molecule has 0 fully saturated rings. The Labute approximate surface area is 264 Å². The van der Waals surface area contributed by atoms with Crippen LogP contribution in [-0.4, -0.2) is 71.8 Å². The summed E-state index contributed by atoms with van der Waals surface area (Å²) in [6, 6.07) is 19.4. The number of nitrogens with one attached hydrogen (secondary N) is 2. The van der Waals surface area contributed by atoms with Gasteiger partial charge in [0.2, 0.25) is 0 Å². The summed E-state index contributed by atoms with van der Waals surface area (Å²) in [7, 11) is -36.2. The third kappa shape index (κ3) is 5.35. The van der Waals surface area contributed by atoms with E-state index in [0.29, 0.717) is 0 Å². The Morgan fingerprint density at radius 3 is 0.979 bits per heavy atom. The van der Waals surface area contributed by atoms with E-state index in [4.69, 9.17) is 0 Å². The third-order valence-electron chi connectivity index (χ3n) is 6.36. The fourth-order valence-corrected chi connectivity index (χ4v) is 32.1. The fourth-order valence-electron chi connectivity index (χ4n) is 4.53. The summed E-state index contributed by atoms with van der Waals surface area (Å²) in [5, 5.41) is 0. The normalized spacial score (nSPS) is 14.5. The average molecular weight is 768 g/mol. The summed E-state index contributed by atoms with van der Waals surface area (Å²) in [6.45, 7) is 0. The van der Waals surface area contributed by atoms with Gasteiger partial charge >= 0.3 is 128 Å². The van der Waals surface area contributed by atoms with E-state index in [0.717, 1.165) is 63.0 Å². The van der Waals surface area contributed by atoms with Crippen LogP contribution in [0.3, 0.4) is 0 Å². The number of aromatic nitrogens is 4. The van der Waals surface area contributed by atoms with E-state index in [1.165, 1.54) is 0 Å². The molecular formula is C26H23FeN4O12S4. The molecule has 1 aromatic carbocycles. The Kier molecular flexibility index (Phi) is 8.47. The van der Waals surface area contributed by atoms with Crippen LogP contribution in [0.15, 0.2) is 78.9 Å². The predicted molar refractivity (Wildman–Crippen MR) is 171 cm³/mol. The van der Waals surface area contributed by atoms with Crippen molar-refractivity contribution in [2.75, 3.05) is 0 Å². The molecule has 0 saturated carbocycles. The molecule has 0 radical (unpaired) electrons. The fraction of sp³-hybridized carbons (Fsp3) is 0. The van der Waals surface area contributed by atoms with Gasteiger partial charge in [-0.15, -0.1) is 0 Å². The Bertz CT molecular complexity index is 2280. The number of aromatic amines is 2. The number of hydrogen-bond donors (Lipinski definition) is 6. The minimum atomic E-state index is -8.61. The number of fused-ring (bicyclic) bond motifs is 8. The summed E-state index contributed by atoms with van der Waals surface area (Å²) in [6.07, 6.45) is 8.09. The molecule has 0 unspecified atom stereocenters. The van der Waals surface area contributed by atoms with Crippen LogP contribution >= 0.6 is 0 Å². The molecule has 2 aliphatic rings. The molecule has 16 nitrogen and oxygen atoms in total. The van der Waals surface area contributed by atoms with Gasteiger partial charge in [-0.05, 0) is 72.8 Å². The van der Waals surface area contributed by atoms with E-state index in [2.05, 4.69) is 44.2 Å². The molecule has 0 aliphatic carbocycles. The van der Waals surface area contributed by atoms with Crippen molar-refractivity contribution in [3.8, 4) is 0 Å². The van der Waals surface area contributed by atoms with Gasteiger partial charge in [0.15, 0.2) is 0 Å². The molecule has 47 heavy (non-hydrogen) atoms. The van der Waals surface area contributed by atoms with E-state index in [-0.39, 0.29) is 12.1 Å². The number of nitrogens with zero attached hydrogens (tertiary/aromatic N) is 2. The molecule has 0 saturated heterocycles. The molecule has 6 rings (SSSR count). The zero-order valence-electron chi connectivity index (χ0n) is 23.3. The summed E-state index contributed by atoms with van der Waals surface area (Å²) < 4.78 is 129. The molecule has 6 N–H and O–H groups in total. The van der Waals surface area contributed by atoms with E-state index in [1.54, 1.807) is 0 Å². The molecular weight excluding hydrogens is 744 g/mol. The monoisotopic (exact) mass is 767 g/mol. The second-order valence-corrected chi connectivity index (χ2v) is 36.1. The van der Waals surface area contributed by atoms with Crippen molar-refractivity contribution in [2.45, 2.75) is 0 Å². The van der Waals surface area contributed by atoms with E-state index < -0.39 is 45.9 Å². The number of rotatable bonds is 5. The first-order valence-corrected chi connectivity index (χ1v) is 23.8. The molecule has 8 bridgehead atoms. The van der Waals surface area contributed by atoms with Crippen LogP contribution in [-0.2, 0) is 41.5 Å². The molecule has 21 heteroatoms. The van der Waals surface area contributed by atoms with Crippen molar-refractivity contribution in [1.29, 1.82) is 0 Å². The third-order valence-corrected chi connectivity index (χ3v) is 46.9. The Balaban J connectivity index is 0.000000185. The van der Waals surface area contributed by atoms with E-state index in [1.807, 2.05) is 48.6 Å². The van der Waals surface area contributed by atoms with Crippen LogP contribution in [0.4, 0.5) is 0 Å². The van der Waals surface area contributed by atoms with Crippen LogP contribution < -0.4 is 4.46 Å². The van der Waals surface area contributed by atoms with Crippen LogP contribution in [0, 0.1) is 0 Å². The zero-order valence-corrected chi connectivity index (χ0v) is 27.6. The topological polar surface area (TPSA) is 275 Å². The van der Waals surface area contributed by atoms with Gasteiger partial charge in [0.05, 0.1) is 22.8 Å². The van der Waals surface area contributed by atoms with Gasteiger partial charge in [-0.25, -0.2) is 9.97 Å². The van der Waals surface area contributed by atoms with Gasteiger partial charge in [-0.2, -0.15) is 0 Å². The van der Waals surface area contributed by atoms with Crippen LogP contribution in [0.1, 0.15) is 22.8 Å². The molecule has 0 amide bonds. The molecule has 0 atom stereocenters. The van der Waals surface area contributed by atoms with Crippen molar-refractivity contribution >= 4 is 85.0 Å². The predicted octanol–water partition coefficient (Wildman–Crippen LogP) is 2.87. The van der Waals surface area contributed by atoms with Crippen molar-refractivity contribution in [1.82, 2.24) is 19.9 Å². The summed E-state index contributed by atoms with van der Waals surface area (Å²) in [5.74, 6) is 0. The van der Waals surface area contributed by atoms with Gasteiger partial charge < -0.3 is 9.97 Å². The molecule has 5 heterocycles. The minimum absolute atomic E-state index is 0.270. The second kappa shape index (κ2) is 11.6. The van der Waals surface area contributed by atoms with E-state index >= 15 is 0 Å². The molecule has 251 valence electrons. The van der Waals surface area contributed by atoms with Gasteiger partial charge in [0.1, 0.15) is 0 Å². The first-order valence-electron chi connectivity index (χ1n) is 12.6. The molecule has 0 spiro atoms. The Morgan fingerprint density at radius 2 is 0.723 bits per heavy atom. The van der Waals surface area contributed by atoms with Crippen LogP contribution in [0.2, 0.25) is 0 Å². The van der Waals surface area contributed by atoms with Crippen molar-refractivity contribution in [2.24, 2.45) is 0 Å². The second-order valence-electron chi connectivity index (χ2n) is 9.43.